The monoisotopic (exact) mass is 266 g/mol. The van der Waals surface area contributed by atoms with Crippen LogP contribution in [-0.2, 0) is 4.74 Å². The lowest BCUT2D eigenvalue weighted by molar-refractivity contribution is 0.0528. The van der Waals surface area contributed by atoms with Gasteiger partial charge in [0.2, 0.25) is 0 Å². The molecule has 0 unspecified atom stereocenters. The van der Waals surface area contributed by atoms with E-state index in [1.165, 1.54) is 0 Å². The fraction of sp³-hybridized carbons (Fsp3) is 0.154. The van der Waals surface area contributed by atoms with E-state index in [4.69, 9.17) is 10.5 Å². The number of hydrogen-bond donors (Lipinski definition) is 2. The van der Waals surface area contributed by atoms with Crippen LogP contribution < -0.4 is 5.73 Å². The third-order valence-corrected chi connectivity index (χ3v) is 2.48. The molecular weight excluding hydrogens is 252 g/mol. The first-order valence-corrected chi connectivity index (χ1v) is 5.43. The number of esters is 1. The summed E-state index contributed by atoms with van der Waals surface area (Å²) in [5.41, 5.74) is 8.43. The summed E-state index contributed by atoms with van der Waals surface area (Å²) >= 11 is 0. The standard InChI is InChI=1S/C13H14N2O2.ClH/c1-2-17-13(16)10-8-15-12(11(10)14)9-6-4-3-5-7-9;/h3-8,15H,2,14H2,1H3;1H. The van der Waals surface area contributed by atoms with Crippen molar-refractivity contribution >= 4 is 24.1 Å². The van der Waals surface area contributed by atoms with Gasteiger partial charge in [-0.1, -0.05) is 30.3 Å². The fourth-order valence-electron chi connectivity index (χ4n) is 1.66. The highest BCUT2D eigenvalue weighted by Gasteiger charge is 2.16. The van der Waals surface area contributed by atoms with Crippen LogP contribution in [0.4, 0.5) is 5.69 Å². The predicted molar refractivity (Wildman–Crippen MR) is 73.8 cm³/mol. The number of rotatable bonds is 3. The van der Waals surface area contributed by atoms with Crippen LogP contribution in [0.5, 0.6) is 0 Å². The van der Waals surface area contributed by atoms with Crippen molar-refractivity contribution in [2.75, 3.05) is 12.3 Å². The molecule has 2 rings (SSSR count). The van der Waals surface area contributed by atoms with Gasteiger partial charge in [0.05, 0.1) is 18.0 Å². The molecule has 0 atom stereocenters. The summed E-state index contributed by atoms with van der Waals surface area (Å²) in [6.45, 7) is 2.10. The Bertz CT molecular complexity index is 523. The molecule has 1 aromatic carbocycles. The number of nitrogen functional groups attached to an aromatic ring is 1. The highest BCUT2D eigenvalue weighted by molar-refractivity contribution is 5.99. The van der Waals surface area contributed by atoms with Crippen molar-refractivity contribution in [1.82, 2.24) is 4.98 Å². The molecular formula is C13H15ClN2O2. The van der Waals surface area contributed by atoms with E-state index in [-0.39, 0.29) is 12.4 Å². The summed E-state index contributed by atoms with van der Waals surface area (Å²) in [5, 5.41) is 0. The van der Waals surface area contributed by atoms with Gasteiger partial charge < -0.3 is 15.5 Å². The van der Waals surface area contributed by atoms with Crippen LogP contribution in [0.25, 0.3) is 11.3 Å². The molecule has 0 bridgehead atoms. The Morgan fingerprint density at radius 3 is 2.61 bits per heavy atom. The van der Waals surface area contributed by atoms with E-state index >= 15 is 0 Å². The third kappa shape index (κ3) is 2.65. The Morgan fingerprint density at radius 1 is 1.33 bits per heavy atom. The Morgan fingerprint density at radius 2 is 2.00 bits per heavy atom. The molecule has 1 aromatic heterocycles. The first-order valence-electron chi connectivity index (χ1n) is 5.43. The molecule has 0 spiro atoms. The van der Waals surface area contributed by atoms with Crippen LogP contribution in [-0.4, -0.2) is 17.6 Å². The van der Waals surface area contributed by atoms with Gasteiger partial charge in [-0.05, 0) is 6.92 Å². The number of halogens is 1. The Kier molecular flexibility index (Phi) is 4.80. The molecule has 96 valence electrons. The molecule has 0 aliphatic carbocycles. The number of aromatic amines is 1. The van der Waals surface area contributed by atoms with Gasteiger partial charge in [0.15, 0.2) is 0 Å². The van der Waals surface area contributed by atoms with Crippen LogP contribution in [0, 0.1) is 0 Å². The third-order valence-electron chi connectivity index (χ3n) is 2.48. The molecule has 0 saturated carbocycles. The van der Waals surface area contributed by atoms with Gasteiger partial charge in [-0.2, -0.15) is 0 Å². The molecule has 4 nitrogen and oxygen atoms in total. The second-order valence-corrected chi connectivity index (χ2v) is 3.58. The second-order valence-electron chi connectivity index (χ2n) is 3.58. The van der Waals surface area contributed by atoms with Crippen LogP contribution in [0.1, 0.15) is 17.3 Å². The molecule has 0 saturated heterocycles. The fourth-order valence-corrected chi connectivity index (χ4v) is 1.66. The summed E-state index contributed by atoms with van der Waals surface area (Å²) in [6.07, 6.45) is 1.58. The lowest BCUT2D eigenvalue weighted by atomic mass is 10.1. The minimum Gasteiger partial charge on any atom is -0.462 e. The maximum absolute atomic E-state index is 11.6. The first kappa shape index (κ1) is 14.1. The van der Waals surface area contributed by atoms with E-state index in [1.54, 1.807) is 13.1 Å². The number of aromatic nitrogens is 1. The van der Waals surface area contributed by atoms with E-state index in [9.17, 15) is 4.79 Å². The van der Waals surface area contributed by atoms with Crippen LogP contribution in [0.3, 0.4) is 0 Å². The van der Waals surface area contributed by atoms with E-state index in [1.807, 2.05) is 30.3 Å². The summed E-state index contributed by atoms with van der Waals surface area (Å²) in [4.78, 5) is 14.6. The number of carbonyl (C=O) groups is 1. The molecule has 3 N–H and O–H groups in total. The van der Waals surface area contributed by atoms with Gasteiger partial charge in [-0.3, -0.25) is 0 Å². The largest absolute Gasteiger partial charge is 0.462 e. The van der Waals surface area contributed by atoms with Gasteiger partial charge in [-0.15, -0.1) is 12.4 Å². The van der Waals surface area contributed by atoms with Gasteiger partial charge in [0, 0.05) is 11.8 Å². The van der Waals surface area contributed by atoms with Crippen molar-refractivity contribution in [1.29, 1.82) is 0 Å². The number of nitrogens with two attached hydrogens (primary N) is 1. The number of nitrogens with one attached hydrogen (secondary N) is 1. The average Bonchev–Trinajstić information content (AvgIpc) is 2.72. The minimum absolute atomic E-state index is 0. The van der Waals surface area contributed by atoms with Crippen molar-refractivity contribution in [3.63, 3.8) is 0 Å². The number of ether oxygens (including phenoxy) is 1. The number of H-pyrrole nitrogens is 1. The highest BCUT2D eigenvalue weighted by atomic mass is 35.5. The van der Waals surface area contributed by atoms with E-state index in [2.05, 4.69) is 4.98 Å². The zero-order chi connectivity index (χ0) is 12.3. The molecule has 18 heavy (non-hydrogen) atoms. The number of anilines is 1. The normalized spacial score (nSPS) is 9.61. The summed E-state index contributed by atoms with van der Waals surface area (Å²) in [6, 6.07) is 9.61. The topological polar surface area (TPSA) is 68.1 Å². The van der Waals surface area contributed by atoms with E-state index < -0.39 is 5.97 Å². The van der Waals surface area contributed by atoms with Crippen molar-refractivity contribution in [3.05, 3.63) is 42.1 Å². The van der Waals surface area contributed by atoms with Gasteiger partial charge >= 0.3 is 5.97 Å². The molecule has 0 radical (unpaired) electrons. The molecule has 0 aliphatic rings. The minimum atomic E-state index is -0.400. The lowest BCUT2D eigenvalue weighted by Crippen LogP contribution is -2.06. The molecule has 0 fully saturated rings. The lowest BCUT2D eigenvalue weighted by Gasteiger charge is -2.02. The van der Waals surface area contributed by atoms with Crippen molar-refractivity contribution in [2.24, 2.45) is 0 Å². The Hall–Kier alpha value is -1.94. The predicted octanol–water partition coefficient (Wildman–Crippen LogP) is 2.86. The smallest absolute Gasteiger partial charge is 0.341 e. The summed E-state index contributed by atoms with van der Waals surface area (Å²) in [7, 11) is 0. The molecule has 0 amide bonds. The maximum atomic E-state index is 11.6. The van der Waals surface area contributed by atoms with Gasteiger partial charge in [-0.25, -0.2) is 4.79 Å². The Labute approximate surface area is 112 Å². The zero-order valence-electron chi connectivity index (χ0n) is 9.97. The summed E-state index contributed by atoms with van der Waals surface area (Å²) in [5.74, 6) is -0.400. The number of carbonyl (C=O) groups excluding carboxylic acids is 1. The van der Waals surface area contributed by atoms with Crippen LogP contribution in [0.2, 0.25) is 0 Å². The number of hydrogen-bond acceptors (Lipinski definition) is 3. The van der Waals surface area contributed by atoms with Crippen molar-refractivity contribution in [3.8, 4) is 11.3 Å². The van der Waals surface area contributed by atoms with E-state index in [0.29, 0.717) is 17.9 Å². The van der Waals surface area contributed by atoms with Crippen molar-refractivity contribution < 1.29 is 9.53 Å². The quantitative estimate of drug-likeness (QED) is 0.840. The molecule has 0 aliphatic heterocycles. The van der Waals surface area contributed by atoms with Gasteiger partial charge in [0.25, 0.3) is 0 Å². The maximum Gasteiger partial charge on any atom is 0.341 e. The first-order chi connectivity index (χ1) is 8.24. The Balaban J connectivity index is 0.00000162. The van der Waals surface area contributed by atoms with E-state index in [0.717, 1.165) is 11.3 Å². The van der Waals surface area contributed by atoms with Gasteiger partial charge in [0.1, 0.15) is 5.56 Å². The highest BCUT2D eigenvalue weighted by Crippen LogP contribution is 2.27. The molecule has 1 heterocycles. The second kappa shape index (κ2) is 6.12. The molecule has 5 heteroatoms. The van der Waals surface area contributed by atoms with Crippen LogP contribution in [0.15, 0.2) is 36.5 Å². The average molecular weight is 267 g/mol. The SMILES string of the molecule is CCOC(=O)c1c[nH]c(-c2ccccc2)c1N.Cl. The zero-order valence-corrected chi connectivity index (χ0v) is 10.8. The number of benzene rings is 1. The van der Waals surface area contributed by atoms with Crippen LogP contribution >= 0.6 is 12.4 Å². The molecule has 2 aromatic rings. The summed E-state index contributed by atoms with van der Waals surface area (Å²) < 4.78 is 4.92. The van der Waals surface area contributed by atoms with Crippen molar-refractivity contribution in [2.45, 2.75) is 6.92 Å².